The van der Waals surface area contributed by atoms with E-state index in [0.717, 1.165) is 11.1 Å². The Morgan fingerprint density at radius 1 is 1.21 bits per heavy atom. The van der Waals surface area contributed by atoms with Crippen molar-refractivity contribution in [1.82, 2.24) is 9.97 Å². The molecular weight excluding hydrogens is 179 g/mol. The number of aromatic nitrogens is 2. The van der Waals surface area contributed by atoms with E-state index in [9.17, 15) is 4.39 Å². The van der Waals surface area contributed by atoms with Gasteiger partial charge < -0.3 is 0 Å². The molecule has 1 aromatic carbocycles. The van der Waals surface area contributed by atoms with Gasteiger partial charge in [0.05, 0.1) is 6.20 Å². The van der Waals surface area contributed by atoms with Gasteiger partial charge >= 0.3 is 0 Å². The third kappa shape index (κ3) is 1.48. The first kappa shape index (κ1) is 8.81. The van der Waals surface area contributed by atoms with Crippen LogP contribution in [0, 0.1) is 12.7 Å². The number of nitrogens with zero attached hydrogens (tertiary/aromatic N) is 2. The van der Waals surface area contributed by atoms with Crippen molar-refractivity contribution in [2.75, 3.05) is 0 Å². The highest BCUT2D eigenvalue weighted by molar-refractivity contribution is 5.63. The largest absolute Gasteiger partial charge is 0.242 e. The number of rotatable bonds is 1. The molecule has 0 bridgehead atoms. The van der Waals surface area contributed by atoms with Crippen LogP contribution in [0.25, 0.3) is 11.3 Å². The van der Waals surface area contributed by atoms with Crippen molar-refractivity contribution in [3.8, 4) is 11.3 Å². The van der Waals surface area contributed by atoms with E-state index in [1.807, 2.05) is 31.2 Å². The van der Waals surface area contributed by atoms with E-state index in [-0.39, 0.29) is 5.82 Å². The molecule has 0 spiro atoms. The van der Waals surface area contributed by atoms with Crippen molar-refractivity contribution in [3.63, 3.8) is 0 Å². The second-order valence-electron chi connectivity index (χ2n) is 3.03. The van der Waals surface area contributed by atoms with Crippen molar-refractivity contribution < 1.29 is 4.39 Å². The summed E-state index contributed by atoms with van der Waals surface area (Å²) in [6.45, 7) is 1.93. The minimum absolute atomic E-state index is 0.359. The first-order valence-corrected chi connectivity index (χ1v) is 4.30. The second-order valence-corrected chi connectivity index (χ2v) is 3.03. The first-order chi connectivity index (χ1) is 6.79. The van der Waals surface area contributed by atoms with Crippen LogP contribution in [0.15, 0.2) is 36.8 Å². The maximum Gasteiger partial charge on any atom is 0.167 e. The lowest BCUT2D eigenvalue weighted by Crippen LogP contribution is -1.92. The van der Waals surface area contributed by atoms with E-state index >= 15 is 0 Å². The molecule has 0 N–H and O–H groups in total. The monoisotopic (exact) mass is 188 g/mol. The predicted octanol–water partition coefficient (Wildman–Crippen LogP) is 2.59. The molecule has 2 aromatic rings. The van der Waals surface area contributed by atoms with Gasteiger partial charge in [-0.25, -0.2) is 14.4 Å². The summed E-state index contributed by atoms with van der Waals surface area (Å²) in [6.07, 6.45) is 2.53. The van der Waals surface area contributed by atoms with Crippen LogP contribution in [0.1, 0.15) is 5.56 Å². The quantitative estimate of drug-likeness (QED) is 0.687. The van der Waals surface area contributed by atoms with Crippen LogP contribution in [-0.2, 0) is 0 Å². The van der Waals surface area contributed by atoms with Gasteiger partial charge in [-0.05, 0) is 12.5 Å². The van der Waals surface area contributed by atoms with Crippen molar-refractivity contribution in [3.05, 3.63) is 48.2 Å². The van der Waals surface area contributed by atoms with E-state index in [1.54, 1.807) is 0 Å². The molecule has 2 nitrogen and oxygen atoms in total. The summed E-state index contributed by atoms with van der Waals surface area (Å²) in [6, 6.07) is 7.55. The predicted molar refractivity (Wildman–Crippen MR) is 52.2 cm³/mol. The second kappa shape index (κ2) is 3.54. The van der Waals surface area contributed by atoms with Gasteiger partial charge in [0.25, 0.3) is 0 Å². The molecule has 0 unspecified atom stereocenters. The van der Waals surface area contributed by atoms with Gasteiger partial charge in [-0.2, -0.15) is 0 Å². The lowest BCUT2D eigenvalue weighted by atomic mass is 10.1. The molecule has 0 saturated heterocycles. The Morgan fingerprint density at radius 2 is 2.00 bits per heavy atom. The molecule has 70 valence electrons. The van der Waals surface area contributed by atoms with Crippen LogP contribution in [-0.4, -0.2) is 9.97 Å². The molecule has 0 amide bonds. The van der Waals surface area contributed by atoms with Crippen LogP contribution in [0.4, 0.5) is 4.39 Å². The van der Waals surface area contributed by atoms with Gasteiger partial charge in [0.1, 0.15) is 12.0 Å². The van der Waals surface area contributed by atoms with E-state index in [4.69, 9.17) is 0 Å². The minimum Gasteiger partial charge on any atom is -0.242 e. The van der Waals surface area contributed by atoms with Crippen molar-refractivity contribution in [1.29, 1.82) is 0 Å². The van der Waals surface area contributed by atoms with Crippen LogP contribution >= 0.6 is 0 Å². The average Bonchev–Trinajstić information content (AvgIpc) is 2.20. The number of hydrogen-bond donors (Lipinski definition) is 0. The van der Waals surface area contributed by atoms with Gasteiger partial charge in [-0.3, -0.25) is 0 Å². The highest BCUT2D eigenvalue weighted by atomic mass is 19.1. The third-order valence-corrected chi connectivity index (χ3v) is 2.07. The van der Waals surface area contributed by atoms with E-state index in [0.29, 0.717) is 5.69 Å². The highest BCUT2D eigenvalue weighted by Gasteiger charge is 2.07. The SMILES string of the molecule is Cc1ccccc1-c1ncncc1F. The normalized spacial score (nSPS) is 10.1. The molecule has 2 rings (SSSR count). The summed E-state index contributed by atoms with van der Waals surface area (Å²) in [4.78, 5) is 7.54. The fraction of sp³-hybridized carbons (Fsp3) is 0.0909. The number of halogens is 1. The summed E-state index contributed by atoms with van der Waals surface area (Å²) in [5, 5.41) is 0. The van der Waals surface area contributed by atoms with Gasteiger partial charge in [-0.1, -0.05) is 24.3 Å². The minimum atomic E-state index is -0.387. The maximum atomic E-state index is 13.3. The van der Waals surface area contributed by atoms with Gasteiger partial charge in [0.2, 0.25) is 0 Å². The molecule has 0 aliphatic rings. The topological polar surface area (TPSA) is 25.8 Å². The Balaban J connectivity index is 2.61. The molecular formula is C11H9FN2. The number of aryl methyl sites for hydroxylation is 1. The fourth-order valence-electron chi connectivity index (χ4n) is 1.35. The maximum absolute atomic E-state index is 13.3. The zero-order valence-electron chi connectivity index (χ0n) is 7.74. The summed E-state index contributed by atoms with van der Waals surface area (Å²) in [7, 11) is 0. The lowest BCUT2D eigenvalue weighted by Gasteiger charge is -2.04. The molecule has 1 aromatic heterocycles. The fourth-order valence-corrected chi connectivity index (χ4v) is 1.35. The molecule has 0 radical (unpaired) electrons. The van der Waals surface area contributed by atoms with Gasteiger partial charge in [-0.15, -0.1) is 0 Å². The zero-order valence-corrected chi connectivity index (χ0v) is 7.74. The van der Waals surface area contributed by atoms with Crippen molar-refractivity contribution in [2.45, 2.75) is 6.92 Å². The lowest BCUT2D eigenvalue weighted by molar-refractivity contribution is 0.618. The molecule has 0 aliphatic carbocycles. The standard InChI is InChI=1S/C11H9FN2/c1-8-4-2-3-5-9(8)11-10(12)6-13-7-14-11/h2-7H,1H3. The Hall–Kier alpha value is -1.77. The Kier molecular flexibility index (Phi) is 2.23. The summed E-state index contributed by atoms with van der Waals surface area (Å²) in [5.41, 5.74) is 2.18. The van der Waals surface area contributed by atoms with Crippen LogP contribution in [0.5, 0.6) is 0 Å². The molecule has 3 heteroatoms. The summed E-state index contributed by atoms with van der Waals surface area (Å²) < 4.78 is 13.3. The van der Waals surface area contributed by atoms with E-state index in [1.165, 1.54) is 12.5 Å². The van der Waals surface area contributed by atoms with E-state index < -0.39 is 0 Å². The van der Waals surface area contributed by atoms with Gasteiger partial charge in [0, 0.05) is 5.56 Å². The van der Waals surface area contributed by atoms with Crippen LogP contribution in [0.3, 0.4) is 0 Å². The first-order valence-electron chi connectivity index (χ1n) is 4.30. The molecule has 14 heavy (non-hydrogen) atoms. The third-order valence-electron chi connectivity index (χ3n) is 2.07. The average molecular weight is 188 g/mol. The van der Waals surface area contributed by atoms with Gasteiger partial charge in [0.15, 0.2) is 5.82 Å². The Morgan fingerprint density at radius 3 is 2.71 bits per heavy atom. The molecule has 1 heterocycles. The smallest absolute Gasteiger partial charge is 0.167 e. The molecule has 0 saturated carbocycles. The molecule has 0 atom stereocenters. The summed E-state index contributed by atoms with van der Waals surface area (Å²) >= 11 is 0. The Bertz CT molecular complexity index is 411. The van der Waals surface area contributed by atoms with Crippen molar-refractivity contribution in [2.24, 2.45) is 0 Å². The van der Waals surface area contributed by atoms with E-state index in [2.05, 4.69) is 9.97 Å². The van der Waals surface area contributed by atoms with Crippen LogP contribution in [0.2, 0.25) is 0 Å². The summed E-state index contributed by atoms with van der Waals surface area (Å²) in [5.74, 6) is -0.387. The van der Waals surface area contributed by atoms with Crippen molar-refractivity contribution >= 4 is 0 Å². The highest BCUT2D eigenvalue weighted by Crippen LogP contribution is 2.22. The number of benzene rings is 1. The van der Waals surface area contributed by atoms with Crippen LogP contribution < -0.4 is 0 Å². The zero-order chi connectivity index (χ0) is 9.97. The molecule has 0 aliphatic heterocycles. The number of hydrogen-bond acceptors (Lipinski definition) is 2. The Labute approximate surface area is 81.5 Å². The molecule has 0 fully saturated rings.